The quantitative estimate of drug-likeness (QED) is 0.396. The van der Waals surface area contributed by atoms with Gasteiger partial charge in [-0.3, -0.25) is 9.59 Å². The summed E-state index contributed by atoms with van der Waals surface area (Å²) in [6.45, 7) is 1.36. The first-order valence-corrected chi connectivity index (χ1v) is 8.97. The van der Waals surface area contributed by atoms with E-state index in [-0.39, 0.29) is 18.3 Å². The van der Waals surface area contributed by atoms with Gasteiger partial charge in [0.1, 0.15) is 0 Å². The first-order valence-electron chi connectivity index (χ1n) is 8.97. The molecule has 0 radical (unpaired) electrons. The maximum atomic E-state index is 12.2. The number of nitrogens with one attached hydrogen (secondary N) is 1. The predicted octanol–water partition coefficient (Wildman–Crippen LogP) is 3.49. The zero-order valence-electron chi connectivity index (χ0n) is 16.6. The second kappa shape index (κ2) is 10.7. The molecular weight excluding hydrogens is 374 g/mol. The molecule has 7 nitrogen and oxygen atoms in total. The van der Waals surface area contributed by atoms with Gasteiger partial charge in [0, 0.05) is 29.3 Å². The number of esters is 1. The lowest BCUT2D eigenvalue weighted by Gasteiger charge is -2.09. The average Bonchev–Trinajstić information content (AvgIpc) is 2.75. The number of para-hydroxylation sites is 1. The fourth-order valence-corrected chi connectivity index (χ4v) is 2.46. The molecule has 152 valence electrons. The molecule has 0 aliphatic rings. The molecule has 0 atom stereocenters. The van der Waals surface area contributed by atoms with E-state index in [9.17, 15) is 14.4 Å². The largest absolute Gasteiger partial charge is 0.493 e. The van der Waals surface area contributed by atoms with Gasteiger partial charge in [0.15, 0.2) is 23.9 Å². The lowest BCUT2D eigenvalue weighted by molar-refractivity contribution is -0.136. The van der Waals surface area contributed by atoms with Gasteiger partial charge in [0.25, 0.3) is 0 Å². The Hall–Kier alpha value is -3.61. The van der Waals surface area contributed by atoms with Crippen molar-refractivity contribution in [3.8, 4) is 11.5 Å². The molecule has 0 aromatic heterocycles. The molecule has 2 rings (SSSR count). The molecule has 0 unspecified atom stereocenters. The lowest BCUT2D eigenvalue weighted by Crippen LogP contribution is -2.13. The van der Waals surface area contributed by atoms with Crippen LogP contribution in [0.4, 0.5) is 5.69 Å². The highest BCUT2D eigenvalue weighted by Gasteiger charge is 2.10. The van der Waals surface area contributed by atoms with E-state index in [1.807, 2.05) is 0 Å². The molecule has 0 bridgehead atoms. The third-order valence-electron chi connectivity index (χ3n) is 3.99. The summed E-state index contributed by atoms with van der Waals surface area (Å²) in [5.41, 5.74) is 1.62. The number of carbonyl (C=O) groups is 3. The Balaban J connectivity index is 1.93. The van der Waals surface area contributed by atoms with Gasteiger partial charge >= 0.3 is 5.97 Å². The molecule has 0 aliphatic heterocycles. The third kappa shape index (κ3) is 6.21. The number of carbonyl (C=O) groups excluding carboxylic acids is 3. The highest BCUT2D eigenvalue weighted by Crippen LogP contribution is 2.31. The molecule has 0 saturated heterocycles. The van der Waals surface area contributed by atoms with Crippen molar-refractivity contribution in [3.05, 3.63) is 59.7 Å². The van der Waals surface area contributed by atoms with Gasteiger partial charge in [-0.25, -0.2) is 4.79 Å². The summed E-state index contributed by atoms with van der Waals surface area (Å²) < 4.78 is 15.5. The van der Waals surface area contributed by atoms with Crippen molar-refractivity contribution in [1.29, 1.82) is 0 Å². The maximum Gasteiger partial charge on any atom is 0.331 e. The van der Waals surface area contributed by atoms with Crippen LogP contribution in [0.1, 0.15) is 29.3 Å². The van der Waals surface area contributed by atoms with Gasteiger partial charge in [0.2, 0.25) is 5.91 Å². The molecule has 1 N–H and O–H groups in total. The summed E-state index contributed by atoms with van der Waals surface area (Å²) in [5, 5.41) is 2.69. The van der Waals surface area contributed by atoms with E-state index >= 15 is 0 Å². The van der Waals surface area contributed by atoms with E-state index in [1.165, 1.54) is 26.4 Å². The Kier molecular flexibility index (Phi) is 7.97. The number of amides is 1. The second-order valence-corrected chi connectivity index (χ2v) is 5.93. The third-order valence-corrected chi connectivity index (χ3v) is 3.99. The van der Waals surface area contributed by atoms with Crippen LogP contribution in [-0.2, 0) is 14.3 Å². The highest BCUT2D eigenvalue weighted by molar-refractivity contribution is 5.99. The Morgan fingerprint density at radius 2 is 1.72 bits per heavy atom. The van der Waals surface area contributed by atoms with Crippen molar-refractivity contribution in [2.24, 2.45) is 0 Å². The lowest BCUT2D eigenvalue weighted by atomic mass is 10.1. The van der Waals surface area contributed by atoms with Gasteiger partial charge < -0.3 is 19.5 Å². The molecule has 7 heteroatoms. The van der Waals surface area contributed by atoms with E-state index < -0.39 is 5.97 Å². The molecule has 29 heavy (non-hydrogen) atoms. The van der Waals surface area contributed by atoms with Crippen LogP contribution in [0.2, 0.25) is 0 Å². The van der Waals surface area contributed by atoms with Crippen LogP contribution in [-0.4, -0.2) is 38.5 Å². The number of Topliss-reactive ketones (excluding diaryl/α,β-unsaturated/α-hetero) is 1. The Morgan fingerprint density at radius 1 is 1.00 bits per heavy atom. The standard InChI is InChI=1S/C22H23NO6/c1-4-20(25)23-17-11-8-15(9-12-17)18(24)14-29-21(26)13-10-16-6-5-7-19(27-2)22(16)28-3/h5-13H,4,14H2,1-3H3,(H,23,25)/b13-10+. The number of rotatable bonds is 9. The molecule has 0 fully saturated rings. The van der Waals surface area contributed by atoms with Crippen LogP contribution in [0.3, 0.4) is 0 Å². The van der Waals surface area contributed by atoms with E-state index in [0.29, 0.717) is 34.7 Å². The summed E-state index contributed by atoms with van der Waals surface area (Å²) in [4.78, 5) is 35.5. The minimum atomic E-state index is -0.657. The fourth-order valence-electron chi connectivity index (χ4n) is 2.46. The second-order valence-electron chi connectivity index (χ2n) is 5.93. The predicted molar refractivity (Wildman–Crippen MR) is 109 cm³/mol. The summed E-state index contributed by atoms with van der Waals surface area (Å²) in [6, 6.07) is 11.6. The van der Waals surface area contributed by atoms with Gasteiger partial charge in [-0.05, 0) is 36.4 Å². The van der Waals surface area contributed by atoms with Crippen molar-refractivity contribution in [2.75, 3.05) is 26.1 Å². The fraction of sp³-hybridized carbons (Fsp3) is 0.227. The smallest absolute Gasteiger partial charge is 0.331 e. The normalized spacial score (nSPS) is 10.4. The summed E-state index contributed by atoms with van der Waals surface area (Å²) in [6.07, 6.45) is 3.11. The van der Waals surface area contributed by atoms with Crippen LogP contribution in [0.5, 0.6) is 11.5 Å². The van der Waals surface area contributed by atoms with Crippen LogP contribution in [0.25, 0.3) is 6.08 Å². The number of benzene rings is 2. The Bertz CT molecular complexity index is 902. The van der Waals surface area contributed by atoms with E-state index in [2.05, 4.69) is 5.32 Å². The van der Waals surface area contributed by atoms with E-state index in [1.54, 1.807) is 49.4 Å². The van der Waals surface area contributed by atoms with Gasteiger partial charge in [-0.15, -0.1) is 0 Å². The first-order chi connectivity index (χ1) is 14.0. The minimum absolute atomic E-state index is 0.113. The first kappa shape index (κ1) is 21.7. The molecule has 0 spiro atoms. The average molecular weight is 397 g/mol. The van der Waals surface area contributed by atoms with Crippen molar-refractivity contribution >= 4 is 29.4 Å². The van der Waals surface area contributed by atoms with Crippen LogP contribution in [0.15, 0.2) is 48.5 Å². The molecule has 2 aromatic rings. The zero-order valence-corrected chi connectivity index (χ0v) is 16.6. The van der Waals surface area contributed by atoms with Crippen LogP contribution >= 0.6 is 0 Å². The number of hydrogen-bond acceptors (Lipinski definition) is 6. The highest BCUT2D eigenvalue weighted by atomic mass is 16.5. The number of methoxy groups -OCH3 is 2. The van der Waals surface area contributed by atoms with Gasteiger partial charge in [0.05, 0.1) is 14.2 Å². The molecule has 1 amide bonds. The van der Waals surface area contributed by atoms with Crippen molar-refractivity contribution in [3.63, 3.8) is 0 Å². The van der Waals surface area contributed by atoms with Crippen LogP contribution < -0.4 is 14.8 Å². The van der Waals surface area contributed by atoms with Gasteiger partial charge in [-0.2, -0.15) is 0 Å². The molecule has 0 heterocycles. The maximum absolute atomic E-state index is 12.2. The summed E-state index contributed by atoms with van der Waals surface area (Å²) in [5.74, 6) is -0.0891. The molecule has 2 aromatic carbocycles. The summed E-state index contributed by atoms with van der Waals surface area (Å²) in [7, 11) is 3.03. The summed E-state index contributed by atoms with van der Waals surface area (Å²) >= 11 is 0. The number of ether oxygens (including phenoxy) is 3. The number of anilines is 1. The Labute approximate surface area is 169 Å². The SMILES string of the molecule is CCC(=O)Nc1ccc(C(=O)COC(=O)/C=C/c2cccc(OC)c2OC)cc1. The number of hydrogen-bond donors (Lipinski definition) is 1. The monoisotopic (exact) mass is 397 g/mol. The van der Waals surface area contributed by atoms with E-state index in [0.717, 1.165) is 0 Å². The van der Waals surface area contributed by atoms with Crippen molar-refractivity contribution in [2.45, 2.75) is 13.3 Å². The topological polar surface area (TPSA) is 90.9 Å². The van der Waals surface area contributed by atoms with Crippen LogP contribution in [0, 0.1) is 0 Å². The zero-order chi connectivity index (χ0) is 21.2. The van der Waals surface area contributed by atoms with Crippen molar-refractivity contribution in [1.82, 2.24) is 0 Å². The van der Waals surface area contributed by atoms with Crippen molar-refractivity contribution < 1.29 is 28.6 Å². The van der Waals surface area contributed by atoms with Gasteiger partial charge in [-0.1, -0.05) is 19.1 Å². The molecule has 0 aliphatic carbocycles. The minimum Gasteiger partial charge on any atom is -0.493 e. The Morgan fingerprint density at radius 3 is 2.34 bits per heavy atom. The molecule has 0 saturated carbocycles. The molecular formula is C22H23NO6. The van der Waals surface area contributed by atoms with E-state index in [4.69, 9.17) is 14.2 Å². The number of ketones is 1.